The monoisotopic (exact) mass is 314 g/mol. The van der Waals surface area contributed by atoms with Gasteiger partial charge >= 0.3 is 0 Å². The Balaban J connectivity index is 2.04. The van der Waals surface area contributed by atoms with Gasteiger partial charge < -0.3 is 20.4 Å². The molecule has 0 spiro atoms. The van der Waals surface area contributed by atoms with Crippen LogP contribution in [0.1, 0.15) is 18.4 Å². The highest BCUT2D eigenvalue weighted by molar-refractivity contribution is 5.86. The lowest BCUT2D eigenvalue weighted by Crippen LogP contribution is -2.57. The van der Waals surface area contributed by atoms with Crippen LogP contribution in [-0.4, -0.2) is 52.9 Å². The maximum atomic E-state index is 13.2. The highest BCUT2D eigenvalue weighted by Gasteiger charge is 2.41. The Morgan fingerprint density at radius 2 is 2.09 bits per heavy atom. The second-order valence-corrected chi connectivity index (χ2v) is 5.51. The molecule has 2 rings (SSSR count). The van der Waals surface area contributed by atoms with E-state index in [0.29, 0.717) is 31.5 Å². The van der Waals surface area contributed by atoms with Crippen molar-refractivity contribution in [3.63, 3.8) is 0 Å². The summed E-state index contributed by atoms with van der Waals surface area (Å²) in [5, 5.41) is 22.0. The molecule has 0 aliphatic carbocycles. The van der Waals surface area contributed by atoms with E-state index in [-0.39, 0.29) is 19.7 Å². The minimum absolute atomic E-state index is 0.0562. The van der Waals surface area contributed by atoms with Crippen LogP contribution in [0.3, 0.4) is 0 Å². The molecule has 1 aromatic rings. The number of benzene rings is 1. The molecule has 0 unspecified atom stereocenters. The van der Waals surface area contributed by atoms with E-state index in [0.717, 1.165) is 12.1 Å². The summed E-state index contributed by atoms with van der Waals surface area (Å²) < 4.78 is 26.2. The predicted octanol–water partition coefficient (Wildman–Crippen LogP) is 0.400. The van der Waals surface area contributed by atoms with Crippen molar-refractivity contribution < 1.29 is 23.8 Å². The fraction of sp³-hybridized carbons (Fsp3) is 0.533. The molecule has 0 radical (unpaired) electrons. The predicted molar refractivity (Wildman–Crippen MR) is 75.9 cm³/mol. The topological polar surface area (TPSA) is 72.8 Å². The van der Waals surface area contributed by atoms with Crippen molar-refractivity contribution >= 4 is 5.91 Å². The largest absolute Gasteiger partial charge is 0.395 e. The summed E-state index contributed by atoms with van der Waals surface area (Å²) in [6.45, 7) is 0.848. The molecule has 0 bridgehead atoms. The van der Waals surface area contributed by atoms with E-state index in [4.69, 9.17) is 5.11 Å². The van der Waals surface area contributed by atoms with E-state index in [9.17, 15) is 18.7 Å². The first-order valence-corrected chi connectivity index (χ1v) is 7.23. The molecule has 3 N–H and O–H groups in total. The van der Waals surface area contributed by atoms with Gasteiger partial charge in [0.15, 0.2) is 17.2 Å². The summed E-state index contributed by atoms with van der Waals surface area (Å²) in [6.07, 6.45) is 0.950. The first kappa shape index (κ1) is 16.8. The average Bonchev–Trinajstić information content (AvgIpc) is 2.48. The normalized spacial score (nSPS) is 22.2. The van der Waals surface area contributed by atoms with Gasteiger partial charge in [-0.3, -0.25) is 4.79 Å². The lowest BCUT2D eigenvalue weighted by molar-refractivity contribution is -0.157. The number of piperidine rings is 1. The molecule has 7 heteroatoms. The van der Waals surface area contributed by atoms with Crippen LogP contribution in [0.5, 0.6) is 0 Å². The van der Waals surface area contributed by atoms with Crippen LogP contribution >= 0.6 is 0 Å². The summed E-state index contributed by atoms with van der Waals surface area (Å²) in [6, 6.07) is 3.50. The number of hydrogen-bond acceptors (Lipinski definition) is 4. The standard InChI is InChI=1S/C15H20F2N2O3/c16-12-3-2-11(8-13(12)17)9-19-6-1-4-15(22,14(19)21)10-18-5-7-20/h2-3,8,18,20,22H,1,4-7,9-10H2/t15-/m0/s1. The van der Waals surface area contributed by atoms with Gasteiger partial charge in [0.05, 0.1) is 6.61 Å². The summed E-state index contributed by atoms with van der Waals surface area (Å²) in [4.78, 5) is 13.8. The van der Waals surface area contributed by atoms with Crippen LogP contribution in [0.2, 0.25) is 0 Å². The third kappa shape index (κ3) is 3.79. The van der Waals surface area contributed by atoms with Crippen LogP contribution < -0.4 is 5.32 Å². The smallest absolute Gasteiger partial charge is 0.256 e. The van der Waals surface area contributed by atoms with Gasteiger partial charge in [0.1, 0.15) is 0 Å². The van der Waals surface area contributed by atoms with Crippen molar-refractivity contribution in [1.29, 1.82) is 0 Å². The first-order chi connectivity index (χ1) is 10.5. The minimum atomic E-state index is -1.52. The Morgan fingerprint density at radius 3 is 2.77 bits per heavy atom. The molecular formula is C15H20F2N2O3. The molecule has 1 atom stereocenters. The van der Waals surface area contributed by atoms with Crippen LogP contribution in [0.15, 0.2) is 18.2 Å². The van der Waals surface area contributed by atoms with Gasteiger partial charge in [0.2, 0.25) is 0 Å². The number of carbonyl (C=O) groups is 1. The number of rotatable bonds is 6. The van der Waals surface area contributed by atoms with Gasteiger partial charge in [-0.25, -0.2) is 8.78 Å². The van der Waals surface area contributed by atoms with Crippen molar-refractivity contribution in [2.45, 2.75) is 25.0 Å². The summed E-state index contributed by atoms with van der Waals surface area (Å²) >= 11 is 0. The Labute approximate surface area is 127 Å². The van der Waals surface area contributed by atoms with E-state index in [1.165, 1.54) is 11.0 Å². The number of carbonyl (C=O) groups excluding carboxylic acids is 1. The van der Waals surface area contributed by atoms with Crippen molar-refractivity contribution in [1.82, 2.24) is 10.2 Å². The van der Waals surface area contributed by atoms with Gasteiger partial charge in [-0.1, -0.05) is 6.07 Å². The van der Waals surface area contributed by atoms with Gasteiger partial charge in [-0.15, -0.1) is 0 Å². The van der Waals surface area contributed by atoms with Gasteiger partial charge in [-0.2, -0.15) is 0 Å². The molecule has 1 aliphatic rings. The highest BCUT2D eigenvalue weighted by atomic mass is 19.2. The van der Waals surface area contributed by atoms with Crippen LogP contribution in [0.25, 0.3) is 0 Å². The Hall–Kier alpha value is -1.57. The summed E-state index contributed by atoms with van der Waals surface area (Å²) in [7, 11) is 0. The first-order valence-electron chi connectivity index (χ1n) is 7.23. The molecule has 1 fully saturated rings. The third-order valence-electron chi connectivity index (χ3n) is 3.77. The highest BCUT2D eigenvalue weighted by Crippen LogP contribution is 2.24. The van der Waals surface area contributed by atoms with Crippen molar-refractivity contribution in [3.8, 4) is 0 Å². The zero-order chi connectivity index (χ0) is 16.2. The number of amides is 1. The van der Waals surface area contributed by atoms with E-state index >= 15 is 0 Å². The fourth-order valence-corrected chi connectivity index (χ4v) is 2.61. The average molecular weight is 314 g/mol. The SMILES string of the molecule is O=C1N(Cc2ccc(F)c(F)c2)CCC[C@]1(O)CNCCO. The number of nitrogens with one attached hydrogen (secondary N) is 1. The Morgan fingerprint density at radius 1 is 1.32 bits per heavy atom. The van der Waals surface area contributed by atoms with Crippen molar-refractivity contribution in [2.75, 3.05) is 26.2 Å². The van der Waals surface area contributed by atoms with E-state index in [1.807, 2.05) is 0 Å². The molecule has 1 saturated heterocycles. The molecule has 1 aromatic carbocycles. The third-order valence-corrected chi connectivity index (χ3v) is 3.77. The molecule has 22 heavy (non-hydrogen) atoms. The zero-order valence-electron chi connectivity index (χ0n) is 12.2. The van der Waals surface area contributed by atoms with Crippen LogP contribution in [-0.2, 0) is 11.3 Å². The lowest BCUT2D eigenvalue weighted by atomic mass is 9.91. The minimum Gasteiger partial charge on any atom is -0.395 e. The second-order valence-electron chi connectivity index (χ2n) is 5.51. The van der Waals surface area contributed by atoms with Gasteiger partial charge in [0.25, 0.3) is 5.91 Å². The number of aliphatic hydroxyl groups is 2. The number of likely N-dealkylation sites (tertiary alicyclic amines) is 1. The quantitative estimate of drug-likeness (QED) is 0.665. The molecule has 1 aliphatic heterocycles. The fourth-order valence-electron chi connectivity index (χ4n) is 2.61. The molecule has 0 aromatic heterocycles. The molecule has 1 amide bonds. The second kappa shape index (κ2) is 7.13. The van der Waals surface area contributed by atoms with Crippen LogP contribution in [0.4, 0.5) is 8.78 Å². The van der Waals surface area contributed by atoms with E-state index in [2.05, 4.69) is 5.32 Å². The Kier molecular flexibility index (Phi) is 5.44. The molecule has 122 valence electrons. The number of hydrogen-bond donors (Lipinski definition) is 3. The van der Waals surface area contributed by atoms with Gasteiger partial charge in [0, 0.05) is 26.2 Å². The molecule has 1 heterocycles. The number of nitrogens with zero attached hydrogens (tertiary/aromatic N) is 1. The summed E-state index contributed by atoms with van der Waals surface area (Å²) in [5.74, 6) is -2.32. The summed E-state index contributed by atoms with van der Waals surface area (Å²) in [5.41, 5.74) is -1.05. The lowest BCUT2D eigenvalue weighted by Gasteiger charge is -2.38. The molecular weight excluding hydrogens is 294 g/mol. The van der Waals surface area contributed by atoms with E-state index < -0.39 is 23.1 Å². The van der Waals surface area contributed by atoms with Crippen molar-refractivity contribution in [2.24, 2.45) is 0 Å². The number of halogens is 2. The van der Waals surface area contributed by atoms with Crippen LogP contribution in [0, 0.1) is 11.6 Å². The molecule has 0 saturated carbocycles. The molecule has 5 nitrogen and oxygen atoms in total. The Bertz CT molecular complexity index is 542. The van der Waals surface area contributed by atoms with E-state index in [1.54, 1.807) is 0 Å². The maximum absolute atomic E-state index is 13.2. The zero-order valence-corrected chi connectivity index (χ0v) is 12.2. The van der Waals surface area contributed by atoms with Crippen molar-refractivity contribution in [3.05, 3.63) is 35.4 Å². The maximum Gasteiger partial charge on any atom is 0.256 e. The van der Waals surface area contributed by atoms with Gasteiger partial charge in [-0.05, 0) is 30.5 Å². The number of aliphatic hydroxyl groups excluding tert-OH is 1.